The normalized spacial score (nSPS) is 7.88. The van der Waals surface area contributed by atoms with Crippen molar-refractivity contribution >= 4 is 11.8 Å². The van der Waals surface area contributed by atoms with Gasteiger partial charge in [-0.1, -0.05) is 27.7 Å². The molecule has 0 aliphatic carbocycles. The van der Waals surface area contributed by atoms with Gasteiger partial charge in [0.2, 0.25) is 0 Å². The Bertz CT molecular complexity index is 312. The zero-order valence-corrected chi connectivity index (χ0v) is 11.0. The van der Waals surface area contributed by atoms with Crippen LogP contribution in [0.4, 0.5) is 5.82 Å². The van der Waals surface area contributed by atoms with E-state index in [9.17, 15) is 4.79 Å². The number of carbonyl (C=O) groups is 1. The second-order valence-electron chi connectivity index (χ2n) is 2.42. The Morgan fingerprint density at radius 3 is 2.19 bits per heavy atom. The van der Waals surface area contributed by atoms with Crippen LogP contribution in [0.5, 0.6) is 0 Å². The van der Waals surface area contributed by atoms with Crippen molar-refractivity contribution in [3.8, 4) is 0 Å². The van der Waals surface area contributed by atoms with Crippen LogP contribution in [0.2, 0.25) is 0 Å². The summed E-state index contributed by atoms with van der Waals surface area (Å²) in [4.78, 5) is 14.8. The lowest BCUT2D eigenvalue weighted by Crippen LogP contribution is -2.04. The van der Waals surface area contributed by atoms with Crippen molar-refractivity contribution in [1.29, 1.82) is 0 Å². The molecule has 1 aromatic heterocycles. The van der Waals surface area contributed by atoms with Crippen LogP contribution in [0.3, 0.4) is 0 Å². The SMILES string of the molecule is CC.CC.COC(=O)c1cnc(N)c(C)c1. The van der Waals surface area contributed by atoms with Gasteiger partial charge >= 0.3 is 5.97 Å². The monoisotopic (exact) mass is 226 g/mol. The molecule has 2 N–H and O–H groups in total. The minimum Gasteiger partial charge on any atom is -0.465 e. The highest BCUT2D eigenvalue weighted by molar-refractivity contribution is 5.89. The van der Waals surface area contributed by atoms with Crippen molar-refractivity contribution in [2.24, 2.45) is 0 Å². The Morgan fingerprint density at radius 2 is 1.81 bits per heavy atom. The highest BCUT2D eigenvalue weighted by Crippen LogP contribution is 2.09. The summed E-state index contributed by atoms with van der Waals surface area (Å²) in [6.45, 7) is 9.79. The third kappa shape index (κ3) is 5.34. The summed E-state index contributed by atoms with van der Waals surface area (Å²) in [5.74, 6) is 0.0354. The third-order valence-electron chi connectivity index (χ3n) is 1.54. The lowest BCUT2D eigenvalue weighted by atomic mass is 10.2. The number of nitrogen functional groups attached to an aromatic ring is 1. The summed E-state index contributed by atoms with van der Waals surface area (Å²) < 4.78 is 4.51. The summed E-state index contributed by atoms with van der Waals surface area (Å²) in [5.41, 5.74) is 6.66. The van der Waals surface area contributed by atoms with E-state index >= 15 is 0 Å². The first kappa shape index (κ1) is 16.8. The molecule has 4 nitrogen and oxygen atoms in total. The molecule has 0 saturated carbocycles. The van der Waals surface area contributed by atoms with Crippen molar-refractivity contribution in [3.05, 3.63) is 23.4 Å². The van der Waals surface area contributed by atoms with Gasteiger partial charge in [0.15, 0.2) is 0 Å². The van der Waals surface area contributed by atoms with Gasteiger partial charge in [-0.2, -0.15) is 0 Å². The van der Waals surface area contributed by atoms with Crippen LogP contribution in [0.15, 0.2) is 12.3 Å². The van der Waals surface area contributed by atoms with Crippen LogP contribution in [-0.4, -0.2) is 18.1 Å². The summed E-state index contributed by atoms with van der Waals surface area (Å²) in [7, 11) is 1.33. The first-order valence-electron chi connectivity index (χ1n) is 5.45. The molecule has 0 spiro atoms. The summed E-state index contributed by atoms with van der Waals surface area (Å²) in [6.07, 6.45) is 1.40. The molecule has 0 amide bonds. The zero-order valence-electron chi connectivity index (χ0n) is 11.0. The second-order valence-corrected chi connectivity index (χ2v) is 2.42. The van der Waals surface area contributed by atoms with Crippen molar-refractivity contribution in [2.45, 2.75) is 34.6 Å². The number of aryl methyl sites for hydroxylation is 1. The Kier molecular flexibility index (Phi) is 10.5. The molecule has 0 radical (unpaired) electrons. The number of esters is 1. The molecule has 4 heteroatoms. The van der Waals surface area contributed by atoms with E-state index in [0.717, 1.165) is 5.56 Å². The number of anilines is 1. The maximum atomic E-state index is 11.0. The largest absolute Gasteiger partial charge is 0.465 e. The Hall–Kier alpha value is -1.58. The van der Waals surface area contributed by atoms with Gasteiger partial charge in [0.25, 0.3) is 0 Å². The fourth-order valence-electron chi connectivity index (χ4n) is 0.815. The van der Waals surface area contributed by atoms with Crippen LogP contribution < -0.4 is 5.73 Å². The molecule has 0 aliphatic rings. The van der Waals surface area contributed by atoms with E-state index in [1.165, 1.54) is 13.3 Å². The van der Waals surface area contributed by atoms with Gasteiger partial charge in [-0.05, 0) is 18.6 Å². The summed E-state index contributed by atoms with van der Waals surface area (Å²) in [5, 5.41) is 0. The van der Waals surface area contributed by atoms with Gasteiger partial charge < -0.3 is 10.5 Å². The van der Waals surface area contributed by atoms with Crippen molar-refractivity contribution < 1.29 is 9.53 Å². The zero-order chi connectivity index (χ0) is 13.1. The molecule has 92 valence electrons. The Balaban J connectivity index is 0. The third-order valence-corrected chi connectivity index (χ3v) is 1.54. The first-order chi connectivity index (χ1) is 7.65. The number of aromatic nitrogens is 1. The number of pyridine rings is 1. The van der Waals surface area contributed by atoms with Gasteiger partial charge in [0, 0.05) is 6.20 Å². The fourth-order valence-corrected chi connectivity index (χ4v) is 0.815. The molecule has 0 unspecified atom stereocenters. The summed E-state index contributed by atoms with van der Waals surface area (Å²) in [6, 6.07) is 1.65. The highest BCUT2D eigenvalue weighted by atomic mass is 16.5. The molecular weight excluding hydrogens is 204 g/mol. The lowest BCUT2D eigenvalue weighted by molar-refractivity contribution is 0.0600. The Labute approximate surface area is 97.8 Å². The van der Waals surface area contributed by atoms with Gasteiger partial charge in [0.05, 0.1) is 12.7 Å². The van der Waals surface area contributed by atoms with Crippen molar-refractivity contribution in [2.75, 3.05) is 12.8 Å². The maximum absolute atomic E-state index is 11.0. The molecule has 0 saturated heterocycles. The number of rotatable bonds is 1. The lowest BCUT2D eigenvalue weighted by Gasteiger charge is -2.01. The minimum absolute atomic E-state index is 0.398. The minimum atomic E-state index is -0.398. The van der Waals surface area contributed by atoms with Crippen LogP contribution >= 0.6 is 0 Å². The first-order valence-corrected chi connectivity index (χ1v) is 5.45. The van der Waals surface area contributed by atoms with E-state index in [0.29, 0.717) is 11.4 Å². The van der Waals surface area contributed by atoms with Gasteiger partial charge in [-0.3, -0.25) is 0 Å². The quantitative estimate of drug-likeness (QED) is 0.748. The van der Waals surface area contributed by atoms with Gasteiger partial charge in [-0.25, -0.2) is 9.78 Å². The molecule has 1 aromatic rings. The van der Waals surface area contributed by atoms with Crippen molar-refractivity contribution in [3.63, 3.8) is 0 Å². The number of nitrogens with zero attached hydrogens (tertiary/aromatic N) is 1. The topological polar surface area (TPSA) is 65.2 Å². The second kappa shape index (κ2) is 9.96. The van der Waals surface area contributed by atoms with Crippen LogP contribution in [0.1, 0.15) is 43.6 Å². The van der Waals surface area contributed by atoms with Gasteiger partial charge in [-0.15, -0.1) is 0 Å². The molecule has 0 fully saturated rings. The predicted molar refractivity (Wildman–Crippen MR) is 67.4 cm³/mol. The summed E-state index contributed by atoms with van der Waals surface area (Å²) >= 11 is 0. The smallest absolute Gasteiger partial charge is 0.339 e. The number of carbonyl (C=O) groups excluding carboxylic acids is 1. The predicted octanol–water partition coefficient (Wildman–Crippen LogP) is 2.81. The molecule has 0 aliphatic heterocycles. The van der Waals surface area contributed by atoms with Gasteiger partial charge in [0.1, 0.15) is 5.82 Å². The van der Waals surface area contributed by atoms with E-state index in [1.54, 1.807) is 13.0 Å². The number of nitrogens with two attached hydrogens (primary N) is 1. The number of hydrogen-bond acceptors (Lipinski definition) is 4. The van der Waals surface area contributed by atoms with Crippen LogP contribution in [-0.2, 0) is 4.74 Å². The number of hydrogen-bond donors (Lipinski definition) is 1. The fraction of sp³-hybridized carbons (Fsp3) is 0.500. The van der Waals surface area contributed by atoms with E-state index in [1.807, 2.05) is 27.7 Å². The molecule has 16 heavy (non-hydrogen) atoms. The van der Waals surface area contributed by atoms with Crippen LogP contribution in [0.25, 0.3) is 0 Å². The average molecular weight is 226 g/mol. The highest BCUT2D eigenvalue weighted by Gasteiger charge is 2.06. The molecule has 0 bridgehead atoms. The van der Waals surface area contributed by atoms with E-state index < -0.39 is 5.97 Å². The molecular formula is C12H22N2O2. The van der Waals surface area contributed by atoms with E-state index in [-0.39, 0.29) is 0 Å². The van der Waals surface area contributed by atoms with E-state index in [4.69, 9.17) is 5.73 Å². The number of methoxy groups -OCH3 is 1. The van der Waals surface area contributed by atoms with Crippen molar-refractivity contribution in [1.82, 2.24) is 4.98 Å². The van der Waals surface area contributed by atoms with Crippen LogP contribution in [0, 0.1) is 6.92 Å². The molecule has 0 aromatic carbocycles. The molecule has 1 rings (SSSR count). The standard InChI is InChI=1S/C8H10N2O2.2C2H6/c1-5-3-6(8(11)12-2)4-10-7(5)9;2*1-2/h3-4H,1-2H3,(H2,9,10);2*1-2H3. The van der Waals surface area contributed by atoms with E-state index in [2.05, 4.69) is 9.72 Å². The Morgan fingerprint density at radius 1 is 1.31 bits per heavy atom. The molecule has 1 heterocycles. The average Bonchev–Trinajstić information content (AvgIpc) is 2.36. The molecule has 0 atom stereocenters. The number of ether oxygens (including phenoxy) is 1. The maximum Gasteiger partial charge on any atom is 0.339 e.